The summed E-state index contributed by atoms with van der Waals surface area (Å²) in [5.74, 6) is -0.530. The van der Waals surface area contributed by atoms with E-state index in [1.54, 1.807) is 7.05 Å². The molecule has 6 N–H and O–H groups in total. The van der Waals surface area contributed by atoms with Crippen LogP contribution in [0.15, 0.2) is 54.1 Å². The van der Waals surface area contributed by atoms with Gasteiger partial charge in [-0.25, -0.2) is 0 Å². The van der Waals surface area contributed by atoms with E-state index in [4.69, 9.17) is 20.7 Å². The normalized spacial score (nSPS) is 9.85. The van der Waals surface area contributed by atoms with Gasteiger partial charge in [0.1, 0.15) is 26.0 Å². The maximum atomic E-state index is 10.5. The van der Waals surface area contributed by atoms with Gasteiger partial charge in [0, 0.05) is 13.7 Å². The zero-order valence-electron chi connectivity index (χ0n) is 21.5. The van der Waals surface area contributed by atoms with Gasteiger partial charge in [-0.3, -0.25) is 4.79 Å². The van der Waals surface area contributed by atoms with Gasteiger partial charge in [-0.05, 0) is 32.9 Å². The Hall–Kier alpha value is -2.98. The van der Waals surface area contributed by atoms with Crippen molar-refractivity contribution in [2.24, 2.45) is 5.73 Å². The molecule has 0 aliphatic heterocycles. The molecule has 1 aromatic carbocycles. The van der Waals surface area contributed by atoms with E-state index in [0.29, 0.717) is 12.8 Å². The minimum Gasteiger partial charge on any atom is -0.400 e. The third kappa shape index (κ3) is 33.7. The number of hydrogen-bond acceptors (Lipinski definition) is 8. The molecule has 1 atom stereocenters. The van der Waals surface area contributed by atoms with Crippen LogP contribution in [0.5, 0.6) is 0 Å². The van der Waals surface area contributed by atoms with Gasteiger partial charge in [0.2, 0.25) is 5.91 Å². The molecule has 0 saturated heterocycles. The molecule has 0 radical (unpaired) electrons. The highest BCUT2D eigenvalue weighted by Gasteiger charge is 2.04. The van der Waals surface area contributed by atoms with Crippen molar-refractivity contribution < 1.29 is 29.4 Å². The number of amides is 1. The monoisotopic (exact) mass is 483 g/mol. The lowest BCUT2D eigenvalue weighted by atomic mass is 10.1. The third-order valence-corrected chi connectivity index (χ3v) is 3.35. The van der Waals surface area contributed by atoms with Crippen LogP contribution >= 0.6 is 0 Å². The van der Waals surface area contributed by atoms with E-state index in [0.717, 1.165) is 19.8 Å². The highest BCUT2D eigenvalue weighted by atomic mass is 16.3. The second kappa shape index (κ2) is 40.4. The summed E-state index contributed by atoms with van der Waals surface area (Å²) in [5.41, 5.74) is 7.72. The zero-order valence-corrected chi connectivity index (χ0v) is 21.5. The smallest absolute Gasteiger partial charge is 0.246 e. The summed E-state index contributed by atoms with van der Waals surface area (Å²) < 4.78 is 0. The van der Waals surface area contributed by atoms with Crippen LogP contribution in [0.2, 0.25) is 0 Å². The highest BCUT2D eigenvalue weighted by Crippen LogP contribution is 2.05. The van der Waals surface area contributed by atoms with Crippen molar-refractivity contribution in [3.63, 3.8) is 0 Å². The van der Waals surface area contributed by atoms with Crippen LogP contribution in [0.25, 0.3) is 0 Å². The summed E-state index contributed by atoms with van der Waals surface area (Å²) in [5, 5.41) is 20.1. The molecule has 0 fully saturated rings. The average molecular weight is 484 g/mol. The van der Waals surface area contributed by atoms with Crippen LogP contribution in [0.3, 0.4) is 0 Å². The van der Waals surface area contributed by atoms with Gasteiger partial charge in [-0.15, -0.1) is 0 Å². The van der Waals surface area contributed by atoms with Crippen molar-refractivity contribution in [3.05, 3.63) is 59.7 Å². The summed E-state index contributed by atoms with van der Waals surface area (Å²) >= 11 is 0. The molecule has 0 aromatic heterocycles. The summed E-state index contributed by atoms with van der Waals surface area (Å²) in [6.45, 7) is 10.00. The fourth-order valence-electron chi connectivity index (χ4n) is 1.79. The third-order valence-electron chi connectivity index (χ3n) is 3.35. The highest BCUT2D eigenvalue weighted by molar-refractivity contribution is 5.79. The van der Waals surface area contributed by atoms with Crippen molar-refractivity contribution in [1.29, 1.82) is 0 Å². The van der Waals surface area contributed by atoms with Gasteiger partial charge in [0.25, 0.3) is 0 Å². The molecule has 34 heavy (non-hydrogen) atoms. The zero-order chi connectivity index (χ0) is 27.6. The summed E-state index contributed by atoms with van der Waals surface area (Å²) in [6, 6.07) is 9.93. The van der Waals surface area contributed by atoms with Gasteiger partial charge in [0.15, 0.2) is 0 Å². The Kier molecular flexibility index (Phi) is 49.0. The second-order valence-corrected chi connectivity index (χ2v) is 5.42. The molecule has 0 saturated carbocycles. The fourth-order valence-corrected chi connectivity index (χ4v) is 1.79. The van der Waals surface area contributed by atoms with Crippen molar-refractivity contribution in [3.8, 4) is 0 Å². The largest absolute Gasteiger partial charge is 0.400 e. The number of benzene rings is 1. The van der Waals surface area contributed by atoms with E-state index in [1.807, 2.05) is 83.0 Å². The van der Waals surface area contributed by atoms with E-state index >= 15 is 0 Å². The summed E-state index contributed by atoms with van der Waals surface area (Å²) in [7, 11) is 2.79. The van der Waals surface area contributed by atoms with Gasteiger partial charge < -0.3 is 41.0 Å². The van der Waals surface area contributed by atoms with Gasteiger partial charge in [0.05, 0.1) is 12.6 Å². The lowest BCUT2D eigenvalue weighted by Crippen LogP contribution is -2.27. The Morgan fingerprint density at radius 2 is 1.65 bits per heavy atom. The number of likely N-dealkylation sites (N-methyl/N-ethyl adjacent to an activating group) is 1. The number of aliphatic hydroxyl groups is 2. The number of aliphatic hydroxyl groups excluding tert-OH is 2. The Balaban J connectivity index is -0.000000113. The summed E-state index contributed by atoms with van der Waals surface area (Å²) in [4.78, 5) is 38.1. The van der Waals surface area contributed by atoms with Crippen LogP contribution < -0.4 is 16.4 Å². The first-order valence-corrected chi connectivity index (χ1v) is 10.7. The van der Waals surface area contributed by atoms with Crippen molar-refractivity contribution in [2.75, 3.05) is 27.3 Å². The van der Waals surface area contributed by atoms with Crippen LogP contribution in [0.4, 0.5) is 0 Å². The maximum Gasteiger partial charge on any atom is 0.246 e. The van der Waals surface area contributed by atoms with Crippen molar-refractivity contribution in [2.45, 2.75) is 46.7 Å². The van der Waals surface area contributed by atoms with Crippen LogP contribution in [0.1, 0.15) is 39.7 Å². The lowest BCUT2D eigenvalue weighted by molar-refractivity contribution is -0.124. The SMILES string of the molecule is C/C=C\C(=C/C)CC(C=O)NC.C=O.CC.CO.NCc1ccccc1.O=CCNC(=O)CO. The van der Waals surface area contributed by atoms with Gasteiger partial charge in [-0.2, -0.15) is 0 Å². The molecular formula is C25H45N3O6. The maximum absolute atomic E-state index is 10.5. The summed E-state index contributed by atoms with van der Waals surface area (Å²) in [6.07, 6.45) is 8.27. The minimum atomic E-state index is -0.562. The molecule has 0 heterocycles. The molecule has 1 rings (SSSR count). The van der Waals surface area contributed by atoms with Crippen LogP contribution in [-0.4, -0.2) is 68.8 Å². The fraction of sp³-hybridized carbons (Fsp3) is 0.440. The van der Waals surface area contributed by atoms with Crippen LogP contribution in [-0.2, 0) is 25.7 Å². The predicted molar refractivity (Wildman–Crippen MR) is 139 cm³/mol. The Bertz CT molecular complexity index is 608. The molecule has 0 aliphatic carbocycles. The molecule has 9 nitrogen and oxygen atoms in total. The van der Waals surface area contributed by atoms with Gasteiger partial charge in [-0.1, -0.05) is 68.0 Å². The first-order valence-electron chi connectivity index (χ1n) is 10.7. The number of carbonyl (C=O) groups is 4. The first kappa shape index (κ1) is 41.3. The molecule has 196 valence electrons. The molecule has 1 amide bonds. The lowest BCUT2D eigenvalue weighted by Gasteiger charge is -2.08. The quantitative estimate of drug-likeness (QED) is 0.261. The Morgan fingerprint density at radius 1 is 1.12 bits per heavy atom. The number of nitrogens with two attached hydrogens (primary N) is 1. The molecule has 0 aliphatic rings. The molecule has 0 bridgehead atoms. The van der Waals surface area contributed by atoms with E-state index in [1.165, 1.54) is 11.1 Å². The topological polar surface area (TPSA) is 159 Å². The number of nitrogens with one attached hydrogen (secondary N) is 2. The number of rotatable bonds is 9. The number of allylic oxidation sites excluding steroid dienone is 3. The molecule has 1 unspecified atom stereocenters. The standard InChI is InChI=1S/C10H17NO.C7H9N.C4H7NO3.C2H6.CH4O.CH2O/c1-4-6-9(5-2)7-10(8-12)11-3;8-6-7-4-2-1-3-5-7;6-2-1-5-4(8)3-7;3*1-2/h4-6,8,10-11H,7H2,1-3H3;1-5H,6,8H2;2,7H,1,3H2,(H,5,8);1-2H3;2H,1H3;1H2/b6-4-,9-5+;;;;;. The van der Waals surface area contributed by atoms with E-state index < -0.39 is 12.5 Å². The number of carbonyl (C=O) groups excluding carboxylic acids is 4. The van der Waals surface area contributed by atoms with Crippen molar-refractivity contribution >= 4 is 25.3 Å². The molecule has 1 aromatic rings. The average Bonchev–Trinajstić information content (AvgIpc) is 2.94. The first-order chi connectivity index (χ1) is 16.5. The number of aldehydes is 2. The Labute approximate surface area is 205 Å². The van der Waals surface area contributed by atoms with E-state index in [2.05, 4.69) is 10.6 Å². The molecule has 0 spiro atoms. The molecule has 9 heteroatoms. The van der Waals surface area contributed by atoms with E-state index in [9.17, 15) is 14.4 Å². The Morgan fingerprint density at radius 3 is 1.94 bits per heavy atom. The number of hydrogen-bond donors (Lipinski definition) is 5. The second-order valence-electron chi connectivity index (χ2n) is 5.42. The van der Waals surface area contributed by atoms with Gasteiger partial charge >= 0.3 is 0 Å². The predicted octanol–water partition coefficient (Wildman–Crippen LogP) is 1.57. The molecular weight excluding hydrogens is 438 g/mol. The van der Waals surface area contributed by atoms with Crippen molar-refractivity contribution in [1.82, 2.24) is 10.6 Å². The van der Waals surface area contributed by atoms with E-state index in [-0.39, 0.29) is 12.6 Å². The van der Waals surface area contributed by atoms with Crippen LogP contribution in [0, 0.1) is 0 Å². The minimum absolute atomic E-state index is 0.0284.